The Hall–Kier alpha value is -2.01. The Morgan fingerprint density at radius 3 is 2.65 bits per heavy atom. The number of hydrogen-bond acceptors (Lipinski definition) is 3. The molecule has 0 heterocycles. The smallest absolute Gasteiger partial charge is 0.171 e. The van der Waals surface area contributed by atoms with Crippen molar-refractivity contribution in [3.05, 3.63) is 57.6 Å². The molecule has 0 atom stereocenters. The van der Waals surface area contributed by atoms with E-state index in [2.05, 4.69) is 21.1 Å². The number of amidine groups is 1. The minimum atomic E-state index is 0.0511. The lowest BCUT2D eigenvalue weighted by molar-refractivity contribution is 0.318. The Bertz CT molecular complexity index is 669. The molecule has 0 fully saturated rings. The molecule has 5 heteroatoms. The molecule has 0 unspecified atom stereocenters. The van der Waals surface area contributed by atoms with Crippen LogP contribution in [0.25, 0.3) is 0 Å². The predicted molar refractivity (Wildman–Crippen MR) is 82.6 cm³/mol. The highest BCUT2D eigenvalue weighted by Gasteiger charge is 2.08. The maximum atomic E-state index is 8.69. The lowest BCUT2D eigenvalue weighted by Gasteiger charge is -2.11. The van der Waals surface area contributed by atoms with Crippen molar-refractivity contribution in [3.63, 3.8) is 0 Å². The van der Waals surface area contributed by atoms with E-state index in [-0.39, 0.29) is 5.84 Å². The molecular weight excluding hydrogens is 320 g/mol. The fourth-order valence-corrected chi connectivity index (χ4v) is 2.34. The lowest BCUT2D eigenvalue weighted by atomic mass is 10.1. The normalized spacial score (nSPS) is 11.4. The molecule has 4 nitrogen and oxygen atoms in total. The SMILES string of the molecule is Cc1cccc(Oc2ccc(/C(N)=N/O)c(Br)c2)c1C. The topological polar surface area (TPSA) is 67.8 Å². The quantitative estimate of drug-likeness (QED) is 0.386. The number of aryl methyl sites for hydroxylation is 1. The zero-order valence-electron chi connectivity index (χ0n) is 11.2. The standard InChI is InChI=1S/C15H15BrN2O2/c1-9-4-3-5-14(10(9)2)20-11-6-7-12(13(16)8-11)15(17)18-19/h3-8,19H,1-2H3,(H2,17,18). The van der Waals surface area contributed by atoms with Crippen LogP contribution < -0.4 is 10.5 Å². The van der Waals surface area contributed by atoms with Gasteiger partial charge < -0.3 is 15.7 Å². The Morgan fingerprint density at radius 2 is 2.00 bits per heavy atom. The molecule has 0 saturated heterocycles. The summed E-state index contributed by atoms with van der Waals surface area (Å²) in [6.07, 6.45) is 0. The Balaban J connectivity index is 2.31. The minimum absolute atomic E-state index is 0.0511. The average molecular weight is 335 g/mol. The van der Waals surface area contributed by atoms with Crippen molar-refractivity contribution in [2.45, 2.75) is 13.8 Å². The molecule has 0 spiro atoms. The van der Waals surface area contributed by atoms with Gasteiger partial charge in [0.25, 0.3) is 0 Å². The van der Waals surface area contributed by atoms with Crippen LogP contribution in [-0.2, 0) is 0 Å². The van der Waals surface area contributed by atoms with E-state index < -0.39 is 0 Å². The molecule has 0 aliphatic heterocycles. The van der Waals surface area contributed by atoms with Crippen molar-refractivity contribution in [3.8, 4) is 11.5 Å². The predicted octanol–water partition coefficient (Wildman–Crippen LogP) is 3.95. The van der Waals surface area contributed by atoms with E-state index in [0.29, 0.717) is 15.8 Å². The summed E-state index contributed by atoms with van der Waals surface area (Å²) in [5.74, 6) is 1.55. The number of nitrogens with two attached hydrogens (primary N) is 1. The van der Waals surface area contributed by atoms with Gasteiger partial charge in [-0.15, -0.1) is 0 Å². The number of halogens is 1. The van der Waals surface area contributed by atoms with E-state index >= 15 is 0 Å². The summed E-state index contributed by atoms with van der Waals surface area (Å²) >= 11 is 3.38. The van der Waals surface area contributed by atoms with Crippen molar-refractivity contribution in [1.82, 2.24) is 0 Å². The summed E-state index contributed by atoms with van der Waals surface area (Å²) < 4.78 is 6.57. The summed E-state index contributed by atoms with van der Waals surface area (Å²) in [6.45, 7) is 4.06. The first-order valence-corrected chi connectivity index (χ1v) is 6.83. The van der Waals surface area contributed by atoms with Crippen LogP contribution in [-0.4, -0.2) is 11.0 Å². The number of ether oxygens (including phenoxy) is 1. The van der Waals surface area contributed by atoms with Crippen LogP contribution in [0.5, 0.6) is 11.5 Å². The second-order valence-corrected chi connectivity index (χ2v) is 5.28. The van der Waals surface area contributed by atoms with Crippen LogP contribution in [0.1, 0.15) is 16.7 Å². The van der Waals surface area contributed by atoms with Crippen molar-refractivity contribution >= 4 is 21.8 Å². The molecule has 0 aliphatic rings. The van der Waals surface area contributed by atoms with Gasteiger partial charge in [-0.2, -0.15) is 0 Å². The first-order chi connectivity index (χ1) is 9.52. The van der Waals surface area contributed by atoms with E-state index in [4.69, 9.17) is 15.7 Å². The molecule has 0 aliphatic carbocycles. The maximum Gasteiger partial charge on any atom is 0.171 e. The largest absolute Gasteiger partial charge is 0.457 e. The second kappa shape index (κ2) is 5.96. The molecule has 104 valence electrons. The van der Waals surface area contributed by atoms with Gasteiger partial charge in [-0.1, -0.05) is 17.3 Å². The fraction of sp³-hybridized carbons (Fsp3) is 0.133. The summed E-state index contributed by atoms with van der Waals surface area (Å²) in [5, 5.41) is 11.7. The van der Waals surface area contributed by atoms with Crippen LogP contribution in [0.2, 0.25) is 0 Å². The zero-order chi connectivity index (χ0) is 14.7. The van der Waals surface area contributed by atoms with Gasteiger partial charge in [-0.3, -0.25) is 0 Å². The van der Waals surface area contributed by atoms with Gasteiger partial charge in [0.1, 0.15) is 11.5 Å². The third-order valence-electron chi connectivity index (χ3n) is 3.11. The van der Waals surface area contributed by atoms with E-state index in [9.17, 15) is 0 Å². The molecule has 2 aromatic rings. The highest BCUT2D eigenvalue weighted by Crippen LogP contribution is 2.30. The fourth-order valence-electron chi connectivity index (χ4n) is 1.78. The number of nitrogens with zero attached hydrogens (tertiary/aromatic N) is 1. The van der Waals surface area contributed by atoms with Crippen LogP contribution in [0.15, 0.2) is 46.0 Å². The van der Waals surface area contributed by atoms with E-state index in [1.54, 1.807) is 18.2 Å². The first-order valence-electron chi connectivity index (χ1n) is 6.04. The van der Waals surface area contributed by atoms with Crippen molar-refractivity contribution < 1.29 is 9.94 Å². The highest BCUT2D eigenvalue weighted by atomic mass is 79.9. The minimum Gasteiger partial charge on any atom is -0.457 e. The molecule has 2 rings (SSSR count). The Labute approximate surface area is 126 Å². The molecule has 0 radical (unpaired) electrons. The van der Waals surface area contributed by atoms with Crippen LogP contribution >= 0.6 is 15.9 Å². The molecule has 0 saturated carbocycles. The van der Waals surface area contributed by atoms with Gasteiger partial charge in [0.05, 0.1) is 0 Å². The van der Waals surface area contributed by atoms with Gasteiger partial charge in [0.2, 0.25) is 0 Å². The van der Waals surface area contributed by atoms with E-state index in [1.165, 1.54) is 5.56 Å². The number of hydrogen-bond donors (Lipinski definition) is 2. The molecule has 0 aromatic heterocycles. The third-order valence-corrected chi connectivity index (χ3v) is 3.76. The molecule has 3 N–H and O–H groups in total. The van der Waals surface area contributed by atoms with Gasteiger partial charge in [0.15, 0.2) is 5.84 Å². The Morgan fingerprint density at radius 1 is 1.25 bits per heavy atom. The average Bonchev–Trinajstić information content (AvgIpc) is 2.43. The van der Waals surface area contributed by atoms with E-state index in [0.717, 1.165) is 11.3 Å². The molecule has 2 aromatic carbocycles. The molecular formula is C15H15BrN2O2. The van der Waals surface area contributed by atoms with Gasteiger partial charge in [0, 0.05) is 10.0 Å². The van der Waals surface area contributed by atoms with Crippen molar-refractivity contribution in [2.75, 3.05) is 0 Å². The van der Waals surface area contributed by atoms with Crippen LogP contribution in [0, 0.1) is 13.8 Å². The summed E-state index contributed by atoms with van der Waals surface area (Å²) in [5.41, 5.74) is 8.46. The first kappa shape index (κ1) is 14.4. The van der Waals surface area contributed by atoms with Crippen molar-refractivity contribution in [2.24, 2.45) is 10.9 Å². The Kier molecular flexibility index (Phi) is 4.29. The van der Waals surface area contributed by atoms with Gasteiger partial charge >= 0.3 is 0 Å². The van der Waals surface area contributed by atoms with Crippen molar-refractivity contribution in [1.29, 1.82) is 0 Å². The number of rotatable bonds is 3. The molecule has 20 heavy (non-hydrogen) atoms. The highest BCUT2D eigenvalue weighted by molar-refractivity contribution is 9.10. The van der Waals surface area contributed by atoms with Gasteiger partial charge in [-0.25, -0.2) is 0 Å². The zero-order valence-corrected chi connectivity index (χ0v) is 12.8. The van der Waals surface area contributed by atoms with Gasteiger partial charge in [-0.05, 0) is 65.2 Å². The van der Waals surface area contributed by atoms with Crippen LogP contribution in [0.3, 0.4) is 0 Å². The monoisotopic (exact) mass is 334 g/mol. The number of oxime groups is 1. The van der Waals surface area contributed by atoms with E-state index in [1.807, 2.05) is 32.0 Å². The number of benzene rings is 2. The molecule has 0 amide bonds. The summed E-state index contributed by atoms with van der Waals surface area (Å²) in [4.78, 5) is 0. The second-order valence-electron chi connectivity index (χ2n) is 4.43. The molecule has 0 bridgehead atoms. The van der Waals surface area contributed by atoms with Crippen LogP contribution in [0.4, 0.5) is 0 Å². The lowest BCUT2D eigenvalue weighted by Crippen LogP contribution is -2.13. The summed E-state index contributed by atoms with van der Waals surface area (Å²) in [7, 11) is 0. The summed E-state index contributed by atoms with van der Waals surface area (Å²) in [6, 6.07) is 11.2. The third kappa shape index (κ3) is 2.93. The maximum absolute atomic E-state index is 8.69.